The summed E-state index contributed by atoms with van der Waals surface area (Å²) in [5, 5.41) is 0. The van der Waals surface area contributed by atoms with Crippen molar-refractivity contribution in [2.45, 2.75) is 13.8 Å². The third kappa shape index (κ3) is 2.62. The third-order valence-electron chi connectivity index (χ3n) is 3.07. The lowest BCUT2D eigenvalue weighted by Crippen LogP contribution is -2.18. The summed E-state index contributed by atoms with van der Waals surface area (Å²) in [6, 6.07) is 12.0. The van der Waals surface area contributed by atoms with E-state index < -0.39 is 0 Å². The first-order valence-corrected chi connectivity index (χ1v) is 6.31. The second-order valence-electron chi connectivity index (χ2n) is 4.30. The number of pyridine rings is 1. The summed E-state index contributed by atoms with van der Waals surface area (Å²) in [5.74, 6) is 1.30. The van der Waals surface area contributed by atoms with Crippen LogP contribution in [0.3, 0.4) is 0 Å². The van der Waals surface area contributed by atoms with E-state index in [1.807, 2.05) is 24.3 Å². The molecular weight excluding hydrogens is 238 g/mol. The molecule has 2 rings (SSSR count). The molecule has 19 heavy (non-hydrogen) atoms. The molecule has 1 aromatic carbocycles. The minimum absolute atomic E-state index is 0.463. The van der Waals surface area contributed by atoms with Gasteiger partial charge in [-0.25, -0.2) is 0 Å². The zero-order chi connectivity index (χ0) is 13.8. The van der Waals surface area contributed by atoms with E-state index in [1.165, 1.54) is 5.56 Å². The van der Waals surface area contributed by atoms with Gasteiger partial charge in [-0.1, -0.05) is 18.2 Å². The molecule has 1 heterocycles. The summed E-state index contributed by atoms with van der Waals surface area (Å²) < 4.78 is 5.18. The number of nitrogens with zero attached hydrogens (tertiary/aromatic N) is 2. The second-order valence-corrected chi connectivity index (χ2v) is 4.30. The number of aromatic nitrogens is 1. The molecule has 4 heteroatoms. The summed E-state index contributed by atoms with van der Waals surface area (Å²) in [6.07, 6.45) is 0. The maximum atomic E-state index is 5.80. The van der Waals surface area contributed by atoms with E-state index in [0.717, 1.165) is 18.1 Å². The van der Waals surface area contributed by atoms with Crippen molar-refractivity contribution in [1.82, 2.24) is 4.98 Å². The molecule has 4 nitrogen and oxygen atoms in total. The Bertz CT molecular complexity index is 569. The first kappa shape index (κ1) is 13.2. The first-order chi connectivity index (χ1) is 9.17. The molecule has 0 spiro atoms. The van der Waals surface area contributed by atoms with Gasteiger partial charge in [-0.3, -0.25) is 0 Å². The lowest BCUT2D eigenvalue weighted by molar-refractivity contribution is 0.400. The van der Waals surface area contributed by atoms with Gasteiger partial charge in [0.1, 0.15) is 5.82 Å². The lowest BCUT2D eigenvalue weighted by Gasteiger charge is -2.24. The van der Waals surface area contributed by atoms with Gasteiger partial charge in [-0.05, 0) is 37.6 Å². The number of ether oxygens (including phenoxy) is 1. The SMILES string of the molecule is CCN(c1ccc(N)c(OC)n1)c1ccccc1C. The van der Waals surface area contributed by atoms with Crippen LogP contribution >= 0.6 is 0 Å². The van der Waals surface area contributed by atoms with Crippen LogP contribution in [-0.4, -0.2) is 18.6 Å². The van der Waals surface area contributed by atoms with Crippen LogP contribution in [0, 0.1) is 6.92 Å². The number of hydrogen-bond acceptors (Lipinski definition) is 4. The van der Waals surface area contributed by atoms with Crippen molar-refractivity contribution >= 4 is 17.2 Å². The van der Waals surface area contributed by atoms with Gasteiger partial charge in [-0.15, -0.1) is 0 Å². The van der Waals surface area contributed by atoms with Crippen LogP contribution in [0.2, 0.25) is 0 Å². The minimum atomic E-state index is 0.463. The molecule has 0 unspecified atom stereocenters. The fraction of sp³-hybridized carbons (Fsp3) is 0.267. The Morgan fingerprint density at radius 3 is 2.58 bits per heavy atom. The zero-order valence-electron chi connectivity index (χ0n) is 11.6. The van der Waals surface area contributed by atoms with Gasteiger partial charge in [0.05, 0.1) is 12.8 Å². The summed E-state index contributed by atoms with van der Waals surface area (Å²) in [7, 11) is 1.58. The van der Waals surface area contributed by atoms with Crippen molar-refractivity contribution in [3.05, 3.63) is 42.0 Å². The Balaban J connectivity index is 2.45. The van der Waals surface area contributed by atoms with Crippen molar-refractivity contribution in [3.8, 4) is 5.88 Å². The van der Waals surface area contributed by atoms with Gasteiger partial charge in [0.25, 0.3) is 0 Å². The molecule has 2 N–H and O–H groups in total. The van der Waals surface area contributed by atoms with Crippen molar-refractivity contribution in [2.75, 3.05) is 24.3 Å². The molecule has 2 aromatic rings. The normalized spacial score (nSPS) is 10.3. The first-order valence-electron chi connectivity index (χ1n) is 6.31. The molecule has 0 bridgehead atoms. The number of aryl methyl sites for hydroxylation is 1. The Morgan fingerprint density at radius 1 is 1.21 bits per heavy atom. The van der Waals surface area contributed by atoms with Crippen LogP contribution in [0.4, 0.5) is 17.2 Å². The quantitative estimate of drug-likeness (QED) is 0.914. The van der Waals surface area contributed by atoms with Crippen LogP contribution in [0.1, 0.15) is 12.5 Å². The molecule has 0 amide bonds. The fourth-order valence-corrected chi connectivity index (χ4v) is 2.08. The summed E-state index contributed by atoms with van der Waals surface area (Å²) >= 11 is 0. The molecule has 0 saturated heterocycles. The van der Waals surface area contributed by atoms with Crippen LogP contribution in [0.5, 0.6) is 5.88 Å². The molecule has 0 aliphatic rings. The molecule has 0 atom stereocenters. The van der Waals surface area contributed by atoms with Crippen LogP contribution in [0.25, 0.3) is 0 Å². The molecule has 0 radical (unpaired) electrons. The average molecular weight is 257 g/mol. The van der Waals surface area contributed by atoms with E-state index >= 15 is 0 Å². The monoisotopic (exact) mass is 257 g/mol. The maximum Gasteiger partial charge on any atom is 0.238 e. The molecule has 100 valence electrons. The van der Waals surface area contributed by atoms with Gasteiger partial charge >= 0.3 is 0 Å². The maximum absolute atomic E-state index is 5.80. The van der Waals surface area contributed by atoms with E-state index in [0.29, 0.717) is 11.6 Å². The molecule has 0 aliphatic heterocycles. The highest BCUT2D eigenvalue weighted by Gasteiger charge is 2.12. The summed E-state index contributed by atoms with van der Waals surface area (Å²) in [4.78, 5) is 6.59. The predicted octanol–water partition coefficient (Wildman–Crippen LogP) is 3.14. The van der Waals surface area contributed by atoms with E-state index in [9.17, 15) is 0 Å². The smallest absolute Gasteiger partial charge is 0.238 e. The molecule has 0 fully saturated rings. The van der Waals surface area contributed by atoms with Crippen LogP contribution in [0.15, 0.2) is 36.4 Å². The molecule has 0 aliphatic carbocycles. The van der Waals surface area contributed by atoms with E-state index in [4.69, 9.17) is 10.5 Å². The number of rotatable bonds is 4. The summed E-state index contributed by atoms with van der Waals surface area (Å²) in [5.41, 5.74) is 8.71. The van der Waals surface area contributed by atoms with Crippen LogP contribution < -0.4 is 15.4 Å². The number of nitrogens with two attached hydrogens (primary N) is 1. The Kier molecular flexibility index (Phi) is 3.90. The standard InChI is InChI=1S/C15H19N3O/c1-4-18(13-8-6-5-7-11(13)2)14-10-9-12(16)15(17-14)19-3/h5-10H,4,16H2,1-3H3. The Labute approximate surface area is 113 Å². The number of nitrogen functional groups attached to an aromatic ring is 1. The van der Waals surface area contributed by atoms with Crippen molar-refractivity contribution in [2.24, 2.45) is 0 Å². The van der Waals surface area contributed by atoms with E-state index in [2.05, 4.69) is 35.9 Å². The second kappa shape index (κ2) is 5.61. The van der Waals surface area contributed by atoms with Gasteiger partial charge in [-0.2, -0.15) is 4.98 Å². The highest BCUT2D eigenvalue weighted by molar-refractivity contribution is 5.65. The van der Waals surface area contributed by atoms with Gasteiger partial charge in [0.15, 0.2) is 0 Å². The topological polar surface area (TPSA) is 51.4 Å². The average Bonchev–Trinajstić information content (AvgIpc) is 2.43. The number of hydrogen-bond donors (Lipinski definition) is 1. The van der Waals surface area contributed by atoms with Gasteiger partial charge in [0.2, 0.25) is 5.88 Å². The largest absolute Gasteiger partial charge is 0.479 e. The Morgan fingerprint density at radius 2 is 1.95 bits per heavy atom. The highest BCUT2D eigenvalue weighted by atomic mass is 16.5. The van der Waals surface area contributed by atoms with Crippen molar-refractivity contribution < 1.29 is 4.74 Å². The molecule has 1 aromatic heterocycles. The molecular formula is C15H19N3O. The van der Waals surface area contributed by atoms with Gasteiger partial charge in [0, 0.05) is 12.2 Å². The van der Waals surface area contributed by atoms with E-state index in [1.54, 1.807) is 7.11 Å². The number of para-hydroxylation sites is 1. The summed E-state index contributed by atoms with van der Waals surface area (Å²) in [6.45, 7) is 5.01. The number of anilines is 3. The molecule has 0 saturated carbocycles. The predicted molar refractivity (Wildman–Crippen MR) is 79.1 cm³/mol. The third-order valence-corrected chi connectivity index (χ3v) is 3.07. The minimum Gasteiger partial charge on any atom is -0.479 e. The van der Waals surface area contributed by atoms with Gasteiger partial charge < -0.3 is 15.4 Å². The lowest BCUT2D eigenvalue weighted by atomic mass is 10.2. The van der Waals surface area contributed by atoms with Crippen molar-refractivity contribution in [3.63, 3.8) is 0 Å². The highest BCUT2D eigenvalue weighted by Crippen LogP contribution is 2.29. The fourth-order valence-electron chi connectivity index (χ4n) is 2.08. The zero-order valence-corrected chi connectivity index (χ0v) is 11.6. The Hall–Kier alpha value is -2.23. The number of methoxy groups -OCH3 is 1. The van der Waals surface area contributed by atoms with Crippen molar-refractivity contribution in [1.29, 1.82) is 0 Å². The van der Waals surface area contributed by atoms with Crippen LogP contribution in [-0.2, 0) is 0 Å². The van der Waals surface area contributed by atoms with E-state index in [-0.39, 0.29) is 0 Å². The number of benzene rings is 1.